The highest BCUT2D eigenvalue weighted by Gasteiger charge is 2.67. The number of allylic oxidation sites excluding steroid dienone is 2. The van der Waals surface area contributed by atoms with Gasteiger partial charge in [-0.15, -0.1) is 0 Å². The molecule has 318 valence electrons. The zero-order valence-corrected chi connectivity index (χ0v) is 33.4. The number of Topliss-reactive ketones (excluding diaryl/α,β-unsaturated/α-hetero) is 3. The number of ether oxygens (including phenoxy) is 8. The molecule has 16 heteroatoms. The van der Waals surface area contributed by atoms with Crippen LogP contribution in [0.15, 0.2) is 47.6 Å². The Balaban J connectivity index is 0.910. The maximum atomic E-state index is 14.4. The van der Waals surface area contributed by atoms with E-state index >= 15 is 0 Å². The van der Waals surface area contributed by atoms with Crippen LogP contribution in [0.3, 0.4) is 0 Å². The summed E-state index contributed by atoms with van der Waals surface area (Å²) in [5.74, 6) is -3.25. The molecule has 1 aromatic carbocycles. The van der Waals surface area contributed by atoms with Gasteiger partial charge < -0.3 is 58.3 Å². The lowest BCUT2D eigenvalue weighted by Gasteiger charge is -2.53. The van der Waals surface area contributed by atoms with E-state index in [1.54, 1.807) is 40.7 Å². The van der Waals surface area contributed by atoms with Gasteiger partial charge in [0.1, 0.15) is 29.7 Å². The first-order valence-electron chi connectivity index (χ1n) is 20.4. The van der Waals surface area contributed by atoms with Crippen molar-refractivity contribution in [3.63, 3.8) is 0 Å². The molecule has 16 atom stereocenters. The van der Waals surface area contributed by atoms with Gasteiger partial charge in [-0.25, -0.2) is 0 Å². The topological polar surface area (TPSA) is 223 Å². The molecule has 0 bridgehead atoms. The summed E-state index contributed by atoms with van der Waals surface area (Å²) in [7, 11) is 0. The van der Waals surface area contributed by atoms with Crippen molar-refractivity contribution in [3.8, 4) is 5.75 Å². The molecule has 0 amide bonds. The smallest absolute Gasteiger partial charge is 0.198 e. The second-order valence-corrected chi connectivity index (χ2v) is 17.5. The Hall–Kier alpha value is -3.52. The highest BCUT2D eigenvalue weighted by molar-refractivity contribution is 6.32. The summed E-state index contributed by atoms with van der Waals surface area (Å²) in [5.41, 5.74) is -7.69. The summed E-state index contributed by atoms with van der Waals surface area (Å²) in [6.07, 6.45) is -1.63. The predicted molar refractivity (Wildman–Crippen MR) is 200 cm³/mol. The summed E-state index contributed by atoms with van der Waals surface area (Å²) in [4.78, 5) is 54.6. The third-order valence-corrected chi connectivity index (χ3v) is 13.3. The summed E-state index contributed by atoms with van der Waals surface area (Å²) in [6, 6.07) is 2.82. The van der Waals surface area contributed by atoms with E-state index in [2.05, 4.69) is 0 Å². The molecule has 0 spiro atoms. The van der Waals surface area contributed by atoms with E-state index in [9.17, 15) is 39.6 Å². The fourth-order valence-electron chi connectivity index (χ4n) is 10.1. The Morgan fingerprint density at radius 1 is 0.831 bits per heavy atom. The number of benzene rings is 1. The van der Waals surface area contributed by atoms with Crippen LogP contribution in [0.2, 0.25) is 0 Å². The first kappa shape index (κ1) is 40.9. The van der Waals surface area contributed by atoms with Gasteiger partial charge in [-0.3, -0.25) is 19.2 Å². The Morgan fingerprint density at radius 2 is 1.61 bits per heavy atom. The molecule has 0 aromatic heterocycles. The van der Waals surface area contributed by atoms with Crippen LogP contribution >= 0.6 is 0 Å². The molecule has 1 saturated carbocycles. The highest BCUT2D eigenvalue weighted by Crippen LogP contribution is 2.53. The van der Waals surface area contributed by atoms with E-state index < -0.39 is 126 Å². The van der Waals surface area contributed by atoms with Gasteiger partial charge in [0, 0.05) is 48.8 Å². The number of carbonyl (C=O) groups is 4. The van der Waals surface area contributed by atoms with Gasteiger partial charge in [-0.1, -0.05) is 12.1 Å². The molecular formula is C43H50O16. The highest BCUT2D eigenvalue weighted by atomic mass is 16.7. The number of aliphatic hydroxyl groups excluding tert-OH is 1. The average Bonchev–Trinajstić information content (AvgIpc) is 3.16. The van der Waals surface area contributed by atoms with Crippen molar-refractivity contribution in [3.05, 3.63) is 64.3 Å². The lowest BCUT2D eigenvalue weighted by atomic mass is 9.57. The third-order valence-electron chi connectivity index (χ3n) is 13.3. The number of aromatic hydroxyl groups is 1. The number of ketones is 4. The number of rotatable bonds is 5. The quantitative estimate of drug-likeness (QED) is 0.335. The fourth-order valence-corrected chi connectivity index (χ4v) is 10.1. The minimum absolute atomic E-state index is 0.148. The summed E-state index contributed by atoms with van der Waals surface area (Å²) >= 11 is 0. The van der Waals surface area contributed by atoms with E-state index in [0.717, 1.165) is 6.08 Å². The van der Waals surface area contributed by atoms with Gasteiger partial charge in [0.25, 0.3) is 0 Å². The first-order chi connectivity index (χ1) is 27.9. The van der Waals surface area contributed by atoms with Gasteiger partial charge in [-0.2, -0.15) is 0 Å². The maximum absolute atomic E-state index is 14.4. The molecule has 9 rings (SSSR count). The van der Waals surface area contributed by atoms with Crippen LogP contribution in [0.5, 0.6) is 5.75 Å². The van der Waals surface area contributed by atoms with Crippen molar-refractivity contribution >= 4 is 23.1 Å². The molecule has 0 radical (unpaired) electrons. The Labute approximate surface area is 340 Å². The molecule has 0 unspecified atom stereocenters. The van der Waals surface area contributed by atoms with Crippen LogP contribution in [0, 0.1) is 0 Å². The fraction of sp³-hybridized carbons (Fsp3) is 0.628. The van der Waals surface area contributed by atoms with Crippen LogP contribution < -0.4 is 0 Å². The SMILES string of the molecule is C[C@@H]1O[C@H]2O[C@@H]3[C@@H](C)O[C@H](c4ccc5c(c4O)C(=O)C4=C(C5=O)[C@]5(O)C(=O)C[C@](C)(O[C@@H]6CC[C@@H](O[C@@H]7C=CC(=O)[C@@H](C)O7)[C@@H](C)O6)C[C@@]5(O)C=C4)C[C@H]3O[C@H]2C[C@H]1O. The normalized spacial score (nSPS) is 45.7. The zero-order chi connectivity index (χ0) is 41.9. The summed E-state index contributed by atoms with van der Waals surface area (Å²) in [5, 5.41) is 46.5. The van der Waals surface area contributed by atoms with Crippen LogP contribution in [0.4, 0.5) is 0 Å². The number of hydrogen-bond donors (Lipinski definition) is 4. The van der Waals surface area contributed by atoms with Crippen LogP contribution in [-0.4, -0.2) is 134 Å². The standard InChI is InChI=1S/C43H50O16/c1-18-25(44)8-10-32(53-18)57-27-9-11-33(54-20(27)3)59-41(5)16-31(46)43(51)35-24(12-13-42(43,50)17-41)37(48)34-23(38(35)49)7-6-22(36(34)47)28-15-29-39(21(4)52-28)58-40-30(56-29)14-26(45)19(2)55-40/h6-8,10,12-13,18-21,26-30,32-33,39-40,45,47,50-51H,9,11,14-17H2,1-5H3/t18-,19+,20-,21-,26-,27-,28+,29-,30+,32-,33-,39-,40+,41+,42+,43-/m1/s1. The number of phenols is 1. The minimum Gasteiger partial charge on any atom is -0.507 e. The van der Waals surface area contributed by atoms with Crippen molar-refractivity contribution < 1.29 is 77.5 Å². The van der Waals surface area contributed by atoms with Gasteiger partial charge >= 0.3 is 0 Å². The van der Waals surface area contributed by atoms with Crippen LogP contribution in [0.1, 0.15) is 106 Å². The molecule has 5 fully saturated rings. The largest absolute Gasteiger partial charge is 0.507 e. The molecule has 8 aliphatic rings. The molecular weight excluding hydrogens is 772 g/mol. The minimum atomic E-state index is -2.80. The molecule has 16 nitrogen and oxygen atoms in total. The van der Waals surface area contributed by atoms with Crippen molar-refractivity contribution in [1.29, 1.82) is 0 Å². The molecule has 3 aliphatic carbocycles. The molecule has 4 saturated heterocycles. The van der Waals surface area contributed by atoms with Crippen molar-refractivity contribution in [2.24, 2.45) is 0 Å². The third kappa shape index (κ3) is 6.63. The molecule has 5 aliphatic heterocycles. The number of carbonyl (C=O) groups excluding carboxylic acids is 4. The Bertz CT molecular complexity index is 2060. The Kier molecular flexibility index (Phi) is 10.1. The predicted octanol–water partition coefficient (Wildman–Crippen LogP) is 2.52. The van der Waals surface area contributed by atoms with E-state index in [-0.39, 0.29) is 47.0 Å². The number of aliphatic hydroxyl groups is 3. The van der Waals surface area contributed by atoms with Gasteiger partial charge in [-0.05, 0) is 65.3 Å². The van der Waals surface area contributed by atoms with Crippen molar-refractivity contribution in [2.75, 3.05) is 0 Å². The monoisotopic (exact) mass is 822 g/mol. The molecule has 5 heterocycles. The second kappa shape index (κ2) is 14.6. The number of fused-ring (bicyclic) bond motifs is 5. The van der Waals surface area contributed by atoms with Gasteiger partial charge in [0.2, 0.25) is 0 Å². The second-order valence-electron chi connectivity index (χ2n) is 17.5. The number of phenolic OH excluding ortho intramolecular Hbond substituents is 1. The van der Waals surface area contributed by atoms with Crippen molar-refractivity contribution in [2.45, 2.75) is 170 Å². The van der Waals surface area contributed by atoms with E-state index in [1.807, 2.05) is 0 Å². The molecule has 59 heavy (non-hydrogen) atoms. The van der Waals surface area contributed by atoms with Crippen LogP contribution in [0.25, 0.3) is 0 Å². The van der Waals surface area contributed by atoms with E-state index in [4.69, 9.17) is 37.9 Å². The Morgan fingerprint density at radius 3 is 2.36 bits per heavy atom. The summed E-state index contributed by atoms with van der Waals surface area (Å²) in [6.45, 7) is 8.63. The maximum Gasteiger partial charge on any atom is 0.198 e. The summed E-state index contributed by atoms with van der Waals surface area (Å²) < 4.78 is 48.8. The van der Waals surface area contributed by atoms with E-state index in [1.165, 1.54) is 24.3 Å². The lowest BCUT2D eigenvalue weighted by Crippen LogP contribution is -2.69. The average molecular weight is 823 g/mol. The van der Waals surface area contributed by atoms with E-state index in [0.29, 0.717) is 19.3 Å². The number of hydrogen-bond acceptors (Lipinski definition) is 16. The van der Waals surface area contributed by atoms with Gasteiger partial charge in [0.05, 0.1) is 59.5 Å². The van der Waals surface area contributed by atoms with Crippen LogP contribution in [-0.2, 0) is 47.5 Å². The lowest BCUT2D eigenvalue weighted by molar-refractivity contribution is -0.365. The molecule has 4 N–H and O–H groups in total. The van der Waals surface area contributed by atoms with Gasteiger partial charge in [0.15, 0.2) is 47.6 Å². The first-order valence-corrected chi connectivity index (χ1v) is 20.4. The van der Waals surface area contributed by atoms with Crippen molar-refractivity contribution in [1.82, 2.24) is 0 Å². The molecule has 1 aromatic rings. The zero-order valence-electron chi connectivity index (χ0n) is 33.4.